The fourth-order valence-electron chi connectivity index (χ4n) is 2.04. The van der Waals surface area contributed by atoms with E-state index in [9.17, 15) is 19.2 Å². The first kappa shape index (κ1) is 21.0. The van der Waals surface area contributed by atoms with Crippen LogP contribution in [0, 0.1) is 0 Å². The van der Waals surface area contributed by atoms with Crippen molar-refractivity contribution in [2.75, 3.05) is 26.9 Å². The van der Waals surface area contributed by atoms with Crippen LogP contribution in [0.5, 0.6) is 5.75 Å². The number of nitrogens with zero attached hydrogens (tertiary/aromatic N) is 1. The number of rotatable bonds is 7. The predicted octanol–water partition coefficient (Wildman–Crippen LogP) is 2.60. The zero-order valence-corrected chi connectivity index (χ0v) is 16.9. The van der Waals surface area contributed by atoms with Gasteiger partial charge in [0.15, 0.2) is 6.61 Å². The molecular formula is C17H16BrNO7S. The van der Waals surface area contributed by atoms with Gasteiger partial charge in [-0.1, -0.05) is 6.07 Å². The second-order valence-corrected chi connectivity index (χ2v) is 6.98. The Morgan fingerprint density at radius 1 is 1.26 bits per heavy atom. The second kappa shape index (κ2) is 9.56. The average Bonchev–Trinajstić information content (AvgIpc) is 2.88. The first-order valence-corrected chi connectivity index (χ1v) is 9.36. The fourth-order valence-corrected chi connectivity index (χ4v) is 3.39. The quantitative estimate of drug-likeness (QED) is 0.454. The Kier molecular flexibility index (Phi) is 7.43. The summed E-state index contributed by atoms with van der Waals surface area (Å²) in [5.41, 5.74) is 0.633. The molecule has 2 amide bonds. The van der Waals surface area contributed by atoms with Crippen molar-refractivity contribution in [2.24, 2.45) is 0 Å². The maximum Gasteiger partial charge on any atom is 0.343 e. The lowest BCUT2D eigenvalue weighted by molar-refractivity contribution is -0.146. The van der Waals surface area contributed by atoms with Crippen LogP contribution in [0.1, 0.15) is 12.5 Å². The van der Waals surface area contributed by atoms with Crippen LogP contribution in [0.2, 0.25) is 0 Å². The van der Waals surface area contributed by atoms with Crippen LogP contribution in [0.3, 0.4) is 0 Å². The monoisotopic (exact) mass is 457 g/mol. The fraction of sp³-hybridized carbons (Fsp3) is 0.294. The molecule has 8 nitrogen and oxygen atoms in total. The number of thioether (sulfide) groups is 1. The molecule has 144 valence electrons. The van der Waals surface area contributed by atoms with Crippen molar-refractivity contribution in [3.8, 4) is 5.75 Å². The van der Waals surface area contributed by atoms with Gasteiger partial charge in [0, 0.05) is 0 Å². The van der Waals surface area contributed by atoms with Gasteiger partial charge in [-0.2, -0.15) is 0 Å². The highest BCUT2D eigenvalue weighted by atomic mass is 79.9. The molecule has 1 aliphatic rings. The molecule has 0 atom stereocenters. The highest BCUT2D eigenvalue weighted by Crippen LogP contribution is 2.33. The van der Waals surface area contributed by atoms with Crippen LogP contribution < -0.4 is 4.74 Å². The molecule has 0 saturated carbocycles. The summed E-state index contributed by atoms with van der Waals surface area (Å²) in [6.07, 6.45) is 1.53. The van der Waals surface area contributed by atoms with Gasteiger partial charge in [-0.25, -0.2) is 4.79 Å². The first-order chi connectivity index (χ1) is 12.8. The average molecular weight is 458 g/mol. The highest BCUT2D eigenvalue weighted by Gasteiger charge is 2.36. The van der Waals surface area contributed by atoms with Gasteiger partial charge in [-0.3, -0.25) is 19.3 Å². The van der Waals surface area contributed by atoms with Crippen molar-refractivity contribution in [3.05, 3.63) is 33.1 Å². The smallest absolute Gasteiger partial charge is 0.343 e. The van der Waals surface area contributed by atoms with Crippen molar-refractivity contribution < 1.29 is 33.4 Å². The van der Waals surface area contributed by atoms with E-state index < -0.39 is 29.6 Å². The van der Waals surface area contributed by atoms with Crippen molar-refractivity contribution >= 4 is 56.9 Å². The molecule has 0 bridgehead atoms. The molecule has 1 heterocycles. The minimum absolute atomic E-state index is 0.170. The molecule has 0 spiro atoms. The number of hydrogen-bond acceptors (Lipinski definition) is 8. The molecule has 0 unspecified atom stereocenters. The van der Waals surface area contributed by atoms with E-state index in [1.807, 2.05) is 0 Å². The number of halogens is 1. The van der Waals surface area contributed by atoms with Crippen molar-refractivity contribution in [3.63, 3.8) is 0 Å². The van der Waals surface area contributed by atoms with E-state index in [1.165, 1.54) is 13.2 Å². The number of ether oxygens (including phenoxy) is 3. The Morgan fingerprint density at radius 2 is 2.00 bits per heavy atom. The van der Waals surface area contributed by atoms with Crippen LogP contribution in [-0.2, 0) is 23.9 Å². The van der Waals surface area contributed by atoms with E-state index in [0.29, 0.717) is 15.8 Å². The molecule has 0 N–H and O–H groups in total. The third kappa shape index (κ3) is 5.57. The van der Waals surface area contributed by atoms with Gasteiger partial charge in [-0.05, 0) is 58.4 Å². The molecule has 1 aliphatic heterocycles. The van der Waals surface area contributed by atoms with Crippen molar-refractivity contribution in [1.29, 1.82) is 0 Å². The van der Waals surface area contributed by atoms with Crippen molar-refractivity contribution in [2.45, 2.75) is 6.92 Å². The van der Waals surface area contributed by atoms with E-state index in [1.54, 1.807) is 25.1 Å². The minimum atomic E-state index is -0.643. The van der Waals surface area contributed by atoms with Crippen LogP contribution in [0.15, 0.2) is 27.6 Å². The lowest BCUT2D eigenvalue weighted by Gasteiger charge is -2.10. The Hall–Kier alpha value is -2.33. The molecule has 1 saturated heterocycles. The Morgan fingerprint density at radius 3 is 2.63 bits per heavy atom. The Balaban J connectivity index is 2.10. The predicted molar refractivity (Wildman–Crippen MR) is 101 cm³/mol. The lowest BCUT2D eigenvalue weighted by Crippen LogP contribution is -2.34. The summed E-state index contributed by atoms with van der Waals surface area (Å²) in [6.45, 7) is 1.16. The molecule has 10 heteroatoms. The van der Waals surface area contributed by atoms with Gasteiger partial charge in [0.1, 0.15) is 12.3 Å². The summed E-state index contributed by atoms with van der Waals surface area (Å²) >= 11 is 4.07. The van der Waals surface area contributed by atoms with Gasteiger partial charge in [0.2, 0.25) is 0 Å². The van der Waals surface area contributed by atoms with E-state index in [-0.39, 0.29) is 18.1 Å². The van der Waals surface area contributed by atoms with Crippen LogP contribution in [0.25, 0.3) is 6.08 Å². The summed E-state index contributed by atoms with van der Waals surface area (Å²) in [4.78, 5) is 48.0. The first-order valence-electron chi connectivity index (χ1n) is 7.75. The standard InChI is InChI=1S/C17H16BrNO7S/c1-3-25-14(20)8-19-16(22)13(27-17(19)23)7-10-4-5-12(11(18)6-10)26-9-15(21)24-2/h4-7H,3,8-9H2,1-2H3/b13-7+. The molecule has 27 heavy (non-hydrogen) atoms. The number of esters is 2. The molecular weight excluding hydrogens is 442 g/mol. The third-order valence-corrected chi connectivity index (χ3v) is 4.82. The normalized spacial score (nSPS) is 15.2. The van der Waals surface area contributed by atoms with Gasteiger partial charge in [0.05, 0.1) is 23.1 Å². The van der Waals surface area contributed by atoms with Gasteiger partial charge >= 0.3 is 11.9 Å². The topological polar surface area (TPSA) is 99.2 Å². The molecule has 0 aromatic heterocycles. The summed E-state index contributed by atoms with van der Waals surface area (Å²) in [5.74, 6) is -1.29. The molecule has 1 aromatic rings. The van der Waals surface area contributed by atoms with Gasteiger partial charge in [0.25, 0.3) is 11.1 Å². The second-order valence-electron chi connectivity index (χ2n) is 5.13. The van der Waals surface area contributed by atoms with Crippen molar-refractivity contribution in [1.82, 2.24) is 4.90 Å². The van der Waals surface area contributed by atoms with E-state index in [0.717, 1.165) is 16.7 Å². The van der Waals surface area contributed by atoms with Crippen LogP contribution in [0.4, 0.5) is 4.79 Å². The Bertz CT molecular complexity index is 808. The Labute approximate surface area is 167 Å². The molecule has 0 aliphatic carbocycles. The number of carbonyl (C=O) groups excluding carboxylic acids is 4. The lowest BCUT2D eigenvalue weighted by atomic mass is 10.2. The number of imide groups is 1. The molecule has 1 fully saturated rings. The summed E-state index contributed by atoms with van der Waals surface area (Å²) in [6, 6.07) is 4.95. The number of carbonyl (C=O) groups is 4. The zero-order chi connectivity index (χ0) is 20.0. The number of methoxy groups -OCH3 is 1. The van der Waals surface area contributed by atoms with Crippen LogP contribution >= 0.6 is 27.7 Å². The summed E-state index contributed by atoms with van der Waals surface area (Å²) in [7, 11) is 1.26. The summed E-state index contributed by atoms with van der Waals surface area (Å²) < 4.78 is 15.1. The zero-order valence-electron chi connectivity index (χ0n) is 14.5. The van der Waals surface area contributed by atoms with E-state index >= 15 is 0 Å². The third-order valence-electron chi connectivity index (χ3n) is 3.29. The summed E-state index contributed by atoms with van der Waals surface area (Å²) in [5, 5.41) is -0.531. The number of hydrogen-bond donors (Lipinski definition) is 0. The largest absolute Gasteiger partial charge is 0.481 e. The maximum atomic E-state index is 12.3. The number of amides is 2. The minimum Gasteiger partial charge on any atom is -0.481 e. The molecule has 1 aromatic carbocycles. The molecule has 0 radical (unpaired) electrons. The van der Waals surface area contributed by atoms with Crippen LogP contribution in [-0.4, -0.2) is 54.9 Å². The molecule has 2 rings (SSSR count). The highest BCUT2D eigenvalue weighted by molar-refractivity contribution is 9.10. The van der Waals surface area contributed by atoms with Gasteiger partial charge in [-0.15, -0.1) is 0 Å². The van der Waals surface area contributed by atoms with E-state index in [4.69, 9.17) is 9.47 Å². The SMILES string of the molecule is CCOC(=O)CN1C(=O)S/C(=C/c2ccc(OCC(=O)OC)c(Br)c2)C1=O. The van der Waals surface area contributed by atoms with Gasteiger partial charge < -0.3 is 14.2 Å². The number of benzene rings is 1. The maximum absolute atomic E-state index is 12.3. The van der Waals surface area contributed by atoms with E-state index in [2.05, 4.69) is 20.7 Å².